The molecule has 0 bridgehead atoms. The third-order valence-electron chi connectivity index (χ3n) is 3.81. The minimum absolute atomic E-state index is 0.665. The Hall–Kier alpha value is -0.0800. The summed E-state index contributed by atoms with van der Waals surface area (Å²) in [6, 6.07) is 0.665. The summed E-state index contributed by atoms with van der Waals surface area (Å²) in [6.07, 6.45) is 10.9. The van der Waals surface area contributed by atoms with Crippen molar-refractivity contribution in [3.05, 3.63) is 0 Å². The van der Waals surface area contributed by atoms with E-state index in [2.05, 4.69) is 19.2 Å². The standard InChI is InChI=1S/C15H31NO/c1-3-16-14(2)9-7-8-12-17-13-15-10-5-4-6-11-15/h14-16H,3-13H2,1-2H3. The average molecular weight is 241 g/mol. The molecule has 0 radical (unpaired) electrons. The van der Waals surface area contributed by atoms with Crippen molar-refractivity contribution >= 4 is 0 Å². The van der Waals surface area contributed by atoms with Crippen molar-refractivity contribution in [3.8, 4) is 0 Å². The molecule has 17 heavy (non-hydrogen) atoms. The highest BCUT2D eigenvalue weighted by Crippen LogP contribution is 2.23. The zero-order chi connectivity index (χ0) is 12.3. The van der Waals surface area contributed by atoms with Crippen LogP contribution in [-0.4, -0.2) is 25.8 Å². The van der Waals surface area contributed by atoms with Gasteiger partial charge < -0.3 is 10.1 Å². The predicted molar refractivity (Wildman–Crippen MR) is 74.4 cm³/mol. The second kappa shape index (κ2) is 9.90. The van der Waals surface area contributed by atoms with Crippen LogP contribution in [0.5, 0.6) is 0 Å². The Morgan fingerprint density at radius 2 is 1.94 bits per heavy atom. The van der Waals surface area contributed by atoms with Crippen molar-refractivity contribution in [3.63, 3.8) is 0 Å². The summed E-state index contributed by atoms with van der Waals surface area (Å²) in [5.41, 5.74) is 0. The second-order valence-electron chi connectivity index (χ2n) is 5.53. The topological polar surface area (TPSA) is 21.3 Å². The Balaban J connectivity index is 1.83. The van der Waals surface area contributed by atoms with E-state index in [0.717, 1.165) is 25.7 Å². The molecule has 0 amide bonds. The van der Waals surface area contributed by atoms with E-state index in [4.69, 9.17) is 4.74 Å². The van der Waals surface area contributed by atoms with E-state index in [0.29, 0.717) is 6.04 Å². The smallest absolute Gasteiger partial charge is 0.0494 e. The maximum atomic E-state index is 5.79. The third kappa shape index (κ3) is 7.77. The van der Waals surface area contributed by atoms with Crippen LogP contribution in [0.3, 0.4) is 0 Å². The lowest BCUT2D eigenvalue weighted by Crippen LogP contribution is -2.25. The molecule has 1 fully saturated rings. The van der Waals surface area contributed by atoms with Crippen LogP contribution in [0.15, 0.2) is 0 Å². The largest absolute Gasteiger partial charge is 0.381 e. The highest BCUT2D eigenvalue weighted by atomic mass is 16.5. The molecular formula is C15H31NO. The average Bonchev–Trinajstić information content (AvgIpc) is 2.35. The third-order valence-corrected chi connectivity index (χ3v) is 3.81. The van der Waals surface area contributed by atoms with Crippen molar-refractivity contribution in [2.24, 2.45) is 5.92 Å². The van der Waals surface area contributed by atoms with Crippen LogP contribution in [0.25, 0.3) is 0 Å². The molecule has 0 aromatic carbocycles. The SMILES string of the molecule is CCNC(C)CCCCOCC1CCCCC1. The molecule has 0 aromatic rings. The van der Waals surface area contributed by atoms with Gasteiger partial charge in [-0.1, -0.05) is 26.2 Å². The monoisotopic (exact) mass is 241 g/mol. The molecule has 2 heteroatoms. The summed E-state index contributed by atoms with van der Waals surface area (Å²) >= 11 is 0. The first-order chi connectivity index (χ1) is 8.33. The Kier molecular flexibility index (Phi) is 8.72. The molecule has 1 unspecified atom stereocenters. The molecule has 0 spiro atoms. The lowest BCUT2D eigenvalue weighted by atomic mass is 9.90. The highest BCUT2D eigenvalue weighted by molar-refractivity contribution is 4.65. The molecule has 1 aliphatic carbocycles. The molecule has 0 aromatic heterocycles. The Morgan fingerprint density at radius 3 is 2.65 bits per heavy atom. The summed E-state index contributed by atoms with van der Waals surface area (Å²) in [5.74, 6) is 0.865. The fraction of sp³-hybridized carbons (Fsp3) is 1.00. The zero-order valence-electron chi connectivity index (χ0n) is 11.8. The van der Waals surface area contributed by atoms with E-state index >= 15 is 0 Å². The van der Waals surface area contributed by atoms with Crippen LogP contribution < -0.4 is 5.32 Å². The van der Waals surface area contributed by atoms with Gasteiger partial charge in [-0.25, -0.2) is 0 Å². The van der Waals surface area contributed by atoms with Gasteiger partial charge in [0.05, 0.1) is 0 Å². The van der Waals surface area contributed by atoms with Gasteiger partial charge >= 0.3 is 0 Å². The molecule has 102 valence electrons. The van der Waals surface area contributed by atoms with Crippen molar-refractivity contribution in [1.29, 1.82) is 0 Å². The Bertz CT molecular complexity index is 166. The van der Waals surface area contributed by atoms with Crippen LogP contribution in [0, 0.1) is 5.92 Å². The molecule has 2 nitrogen and oxygen atoms in total. The predicted octanol–water partition coefficient (Wildman–Crippen LogP) is 3.75. The van der Waals surface area contributed by atoms with Crippen molar-refractivity contribution in [2.45, 2.75) is 71.3 Å². The van der Waals surface area contributed by atoms with E-state index in [9.17, 15) is 0 Å². The number of rotatable bonds is 9. The highest BCUT2D eigenvalue weighted by Gasteiger charge is 2.12. The number of ether oxygens (including phenoxy) is 1. The van der Waals surface area contributed by atoms with Crippen LogP contribution in [0.2, 0.25) is 0 Å². The lowest BCUT2D eigenvalue weighted by molar-refractivity contribution is 0.0822. The molecule has 0 heterocycles. The molecule has 1 N–H and O–H groups in total. The second-order valence-corrected chi connectivity index (χ2v) is 5.53. The number of unbranched alkanes of at least 4 members (excludes halogenated alkanes) is 1. The molecule has 0 aliphatic heterocycles. The summed E-state index contributed by atoms with van der Waals surface area (Å²) in [7, 11) is 0. The fourth-order valence-corrected chi connectivity index (χ4v) is 2.71. The van der Waals surface area contributed by atoms with E-state index in [-0.39, 0.29) is 0 Å². The molecule has 1 saturated carbocycles. The maximum Gasteiger partial charge on any atom is 0.0494 e. The van der Waals surface area contributed by atoms with Crippen molar-refractivity contribution in [1.82, 2.24) is 5.32 Å². The summed E-state index contributed by atoms with van der Waals surface area (Å²) in [6.45, 7) is 7.51. The number of hydrogen-bond acceptors (Lipinski definition) is 2. The van der Waals surface area contributed by atoms with Crippen LogP contribution in [0.4, 0.5) is 0 Å². The van der Waals surface area contributed by atoms with Crippen LogP contribution >= 0.6 is 0 Å². The van der Waals surface area contributed by atoms with Gasteiger partial charge in [0.2, 0.25) is 0 Å². The summed E-state index contributed by atoms with van der Waals surface area (Å²) < 4.78 is 5.79. The summed E-state index contributed by atoms with van der Waals surface area (Å²) in [4.78, 5) is 0. The van der Waals surface area contributed by atoms with Gasteiger partial charge in [-0.3, -0.25) is 0 Å². The van der Waals surface area contributed by atoms with Gasteiger partial charge in [0.25, 0.3) is 0 Å². The Morgan fingerprint density at radius 1 is 1.18 bits per heavy atom. The van der Waals surface area contributed by atoms with Crippen molar-refractivity contribution in [2.75, 3.05) is 19.8 Å². The lowest BCUT2D eigenvalue weighted by Gasteiger charge is -2.21. The molecular weight excluding hydrogens is 210 g/mol. The quantitative estimate of drug-likeness (QED) is 0.621. The van der Waals surface area contributed by atoms with Gasteiger partial charge in [-0.2, -0.15) is 0 Å². The first-order valence-corrected chi connectivity index (χ1v) is 7.64. The number of hydrogen-bond donors (Lipinski definition) is 1. The first kappa shape index (κ1) is 15.0. The fourth-order valence-electron chi connectivity index (χ4n) is 2.71. The van der Waals surface area contributed by atoms with E-state index in [1.807, 2.05) is 0 Å². The van der Waals surface area contributed by atoms with Gasteiger partial charge in [0.15, 0.2) is 0 Å². The molecule has 1 atom stereocenters. The van der Waals surface area contributed by atoms with Gasteiger partial charge in [-0.05, 0) is 51.5 Å². The minimum atomic E-state index is 0.665. The summed E-state index contributed by atoms with van der Waals surface area (Å²) in [5, 5.41) is 3.45. The van der Waals surface area contributed by atoms with Crippen LogP contribution in [0.1, 0.15) is 65.2 Å². The zero-order valence-corrected chi connectivity index (χ0v) is 11.8. The van der Waals surface area contributed by atoms with Gasteiger partial charge in [0, 0.05) is 19.3 Å². The van der Waals surface area contributed by atoms with E-state index in [1.165, 1.54) is 51.4 Å². The van der Waals surface area contributed by atoms with Gasteiger partial charge in [0.1, 0.15) is 0 Å². The minimum Gasteiger partial charge on any atom is -0.381 e. The maximum absolute atomic E-state index is 5.79. The van der Waals surface area contributed by atoms with Crippen LogP contribution in [-0.2, 0) is 4.74 Å². The molecule has 0 saturated heterocycles. The van der Waals surface area contributed by atoms with Gasteiger partial charge in [-0.15, -0.1) is 0 Å². The van der Waals surface area contributed by atoms with E-state index < -0.39 is 0 Å². The molecule has 1 rings (SSSR count). The number of nitrogens with one attached hydrogen (secondary N) is 1. The first-order valence-electron chi connectivity index (χ1n) is 7.64. The normalized spacial score (nSPS) is 19.4. The van der Waals surface area contributed by atoms with E-state index in [1.54, 1.807) is 0 Å². The van der Waals surface area contributed by atoms with Crippen molar-refractivity contribution < 1.29 is 4.74 Å². The Labute approximate surface area is 108 Å². The molecule has 1 aliphatic rings.